The van der Waals surface area contributed by atoms with E-state index in [9.17, 15) is 4.79 Å². The van der Waals surface area contributed by atoms with Gasteiger partial charge in [-0.1, -0.05) is 30.3 Å². The number of carbonyl (C=O) groups is 1. The van der Waals surface area contributed by atoms with E-state index in [-0.39, 0.29) is 10.7 Å². The molecular formula is C10H12ClNO2. The Morgan fingerprint density at radius 2 is 2.14 bits per heavy atom. The Bertz CT molecular complexity index is 316. The highest BCUT2D eigenvalue weighted by Gasteiger charge is 2.12. The number of ether oxygens (including phenoxy) is 1. The quantitative estimate of drug-likeness (QED) is 0.443. The van der Waals surface area contributed by atoms with Crippen LogP contribution in [0.3, 0.4) is 0 Å². The molecule has 0 heterocycles. The highest BCUT2D eigenvalue weighted by Crippen LogP contribution is 2.08. The van der Waals surface area contributed by atoms with Gasteiger partial charge in [-0.3, -0.25) is 5.41 Å². The van der Waals surface area contributed by atoms with E-state index < -0.39 is 5.97 Å². The number of hydrogen-bond donors (Lipinski definition) is 1. The first-order valence-electron chi connectivity index (χ1n) is 3.89. The molecule has 0 aliphatic carbocycles. The Hall–Kier alpha value is -1.35. The Kier molecular flexibility index (Phi) is 5.56. The van der Waals surface area contributed by atoms with Crippen molar-refractivity contribution < 1.29 is 9.53 Å². The van der Waals surface area contributed by atoms with Gasteiger partial charge in [0, 0.05) is 10.6 Å². The van der Waals surface area contributed by atoms with Crippen LogP contribution >= 0.6 is 11.6 Å². The summed E-state index contributed by atoms with van der Waals surface area (Å²) in [6.45, 7) is 5.22. The van der Waals surface area contributed by atoms with Gasteiger partial charge in [0.05, 0.1) is 7.11 Å². The molecule has 0 aromatic heterocycles. The summed E-state index contributed by atoms with van der Waals surface area (Å²) in [5, 5.41) is 7.71. The zero-order valence-electron chi connectivity index (χ0n) is 8.13. The molecule has 0 saturated heterocycles. The van der Waals surface area contributed by atoms with Crippen LogP contribution in [0.25, 0.3) is 0 Å². The normalized spacial score (nSPS) is 11.5. The highest BCUT2D eigenvalue weighted by molar-refractivity contribution is 6.43. The van der Waals surface area contributed by atoms with E-state index in [2.05, 4.69) is 11.3 Å². The van der Waals surface area contributed by atoms with Crippen molar-refractivity contribution in [1.82, 2.24) is 0 Å². The van der Waals surface area contributed by atoms with Crippen LogP contribution in [0.4, 0.5) is 0 Å². The highest BCUT2D eigenvalue weighted by atomic mass is 35.5. The minimum absolute atomic E-state index is 0.243. The molecule has 0 aromatic rings. The fourth-order valence-corrected chi connectivity index (χ4v) is 0.889. The molecule has 1 N–H and O–H groups in total. The second kappa shape index (κ2) is 6.16. The Balaban J connectivity index is 4.94. The molecule has 76 valence electrons. The SMILES string of the molecule is C=C(Cl)/C=C(\C=C/C)C(=N)C(=O)OC. The number of methoxy groups -OCH3 is 1. The fourth-order valence-electron chi connectivity index (χ4n) is 0.772. The van der Waals surface area contributed by atoms with Crippen molar-refractivity contribution >= 4 is 23.3 Å². The first kappa shape index (κ1) is 12.7. The average molecular weight is 214 g/mol. The topological polar surface area (TPSA) is 50.2 Å². The Morgan fingerprint density at radius 3 is 2.50 bits per heavy atom. The third kappa shape index (κ3) is 4.05. The van der Waals surface area contributed by atoms with Gasteiger partial charge in [-0.25, -0.2) is 4.79 Å². The lowest BCUT2D eigenvalue weighted by molar-refractivity contribution is -0.132. The van der Waals surface area contributed by atoms with Crippen molar-refractivity contribution in [2.45, 2.75) is 6.92 Å². The Morgan fingerprint density at radius 1 is 1.57 bits per heavy atom. The molecule has 0 radical (unpaired) electrons. The summed E-state index contributed by atoms with van der Waals surface area (Å²) < 4.78 is 4.41. The Labute approximate surface area is 88.2 Å². The predicted octanol–water partition coefficient (Wildman–Crippen LogP) is 2.43. The van der Waals surface area contributed by atoms with Gasteiger partial charge in [-0.2, -0.15) is 0 Å². The van der Waals surface area contributed by atoms with Crippen LogP contribution in [-0.4, -0.2) is 18.8 Å². The molecule has 0 aliphatic rings. The van der Waals surface area contributed by atoms with E-state index in [4.69, 9.17) is 17.0 Å². The molecule has 4 heteroatoms. The number of nitrogens with one attached hydrogen (secondary N) is 1. The maximum absolute atomic E-state index is 11.0. The summed E-state index contributed by atoms with van der Waals surface area (Å²) in [7, 11) is 1.22. The van der Waals surface area contributed by atoms with Gasteiger partial charge >= 0.3 is 5.97 Å². The third-order valence-electron chi connectivity index (χ3n) is 1.34. The van der Waals surface area contributed by atoms with Gasteiger partial charge < -0.3 is 4.74 Å². The molecule has 0 fully saturated rings. The van der Waals surface area contributed by atoms with Crippen LogP contribution in [-0.2, 0) is 9.53 Å². The first-order chi connectivity index (χ1) is 6.52. The van der Waals surface area contributed by atoms with E-state index in [0.717, 1.165) is 0 Å². The second-order valence-electron chi connectivity index (χ2n) is 2.41. The van der Waals surface area contributed by atoms with Gasteiger partial charge in [-0.05, 0) is 13.0 Å². The molecule has 0 unspecified atom stereocenters. The molecule has 0 spiro atoms. The largest absolute Gasteiger partial charge is 0.464 e. The number of carbonyl (C=O) groups excluding carboxylic acids is 1. The van der Waals surface area contributed by atoms with Gasteiger partial charge in [0.15, 0.2) is 0 Å². The zero-order chi connectivity index (χ0) is 11.1. The van der Waals surface area contributed by atoms with Crippen LogP contribution in [0.1, 0.15) is 6.92 Å². The van der Waals surface area contributed by atoms with Gasteiger partial charge in [0.2, 0.25) is 0 Å². The summed E-state index contributed by atoms with van der Waals surface area (Å²) >= 11 is 5.55. The summed E-state index contributed by atoms with van der Waals surface area (Å²) in [4.78, 5) is 11.0. The number of esters is 1. The van der Waals surface area contributed by atoms with Crippen LogP contribution in [0.2, 0.25) is 0 Å². The molecule has 0 aromatic carbocycles. The number of hydrogen-bond acceptors (Lipinski definition) is 3. The van der Waals surface area contributed by atoms with E-state index >= 15 is 0 Å². The molecule has 0 rings (SSSR count). The molecule has 0 aliphatic heterocycles. The average Bonchev–Trinajstić information content (AvgIpc) is 2.14. The molecule has 3 nitrogen and oxygen atoms in total. The fraction of sp³-hybridized carbons (Fsp3) is 0.200. The van der Waals surface area contributed by atoms with Gasteiger partial charge in [0.25, 0.3) is 0 Å². The third-order valence-corrected chi connectivity index (χ3v) is 1.45. The molecule has 14 heavy (non-hydrogen) atoms. The molecule has 0 saturated carbocycles. The number of rotatable bonds is 4. The van der Waals surface area contributed by atoms with Crippen LogP contribution in [0.5, 0.6) is 0 Å². The summed E-state index contributed by atoms with van der Waals surface area (Å²) in [5.74, 6) is -0.702. The van der Waals surface area contributed by atoms with E-state index in [1.54, 1.807) is 19.1 Å². The van der Waals surface area contributed by atoms with Crippen molar-refractivity contribution in [3.05, 3.63) is 35.4 Å². The zero-order valence-corrected chi connectivity index (χ0v) is 8.89. The lowest BCUT2D eigenvalue weighted by Gasteiger charge is -2.02. The van der Waals surface area contributed by atoms with Gasteiger partial charge in [-0.15, -0.1) is 0 Å². The minimum Gasteiger partial charge on any atom is -0.464 e. The number of allylic oxidation sites excluding steroid dienone is 4. The van der Waals surface area contributed by atoms with Crippen molar-refractivity contribution in [2.75, 3.05) is 7.11 Å². The summed E-state index contributed by atoms with van der Waals surface area (Å²) in [6, 6.07) is 0. The van der Waals surface area contributed by atoms with Gasteiger partial charge in [0.1, 0.15) is 5.71 Å². The van der Waals surface area contributed by atoms with Crippen LogP contribution < -0.4 is 0 Å². The van der Waals surface area contributed by atoms with E-state index in [1.165, 1.54) is 13.2 Å². The summed E-state index contributed by atoms with van der Waals surface area (Å²) in [6.07, 6.45) is 4.72. The van der Waals surface area contributed by atoms with E-state index in [0.29, 0.717) is 5.57 Å². The lowest BCUT2D eigenvalue weighted by Crippen LogP contribution is -2.16. The van der Waals surface area contributed by atoms with Crippen LogP contribution in [0.15, 0.2) is 35.4 Å². The summed E-state index contributed by atoms with van der Waals surface area (Å²) in [5.41, 5.74) is 0.131. The maximum Gasteiger partial charge on any atom is 0.356 e. The van der Waals surface area contributed by atoms with E-state index in [1.807, 2.05) is 0 Å². The predicted molar refractivity (Wildman–Crippen MR) is 57.6 cm³/mol. The second-order valence-corrected chi connectivity index (χ2v) is 2.90. The maximum atomic E-state index is 11.0. The molecular weight excluding hydrogens is 202 g/mol. The van der Waals surface area contributed by atoms with Crippen molar-refractivity contribution in [3.63, 3.8) is 0 Å². The van der Waals surface area contributed by atoms with Crippen LogP contribution in [0, 0.1) is 5.41 Å². The lowest BCUT2D eigenvalue weighted by atomic mass is 10.1. The first-order valence-corrected chi connectivity index (χ1v) is 4.26. The molecule has 0 amide bonds. The molecule has 0 bridgehead atoms. The standard InChI is InChI=1S/C10H12ClNO2/c1-4-5-8(6-7(2)11)9(12)10(13)14-3/h4-6,12H,2H2,1,3H3/b5-4-,8-6+,12-9?. The van der Waals surface area contributed by atoms with Crippen molar-refractivity contribution in [2.24, 2.45) is 0 Å². The number of halogens is 1. The molecule has 0 atom stereocenters. The van der Waals surface area contributed by atoms with Crippen molar-refractivity contribution in [3.8, 4) is 0 Å². The monoisotopic (exact) mass is 213 g/mol. The van der Waals surface area contributed by atoms with Crippen molar-refractivity contribution in [1.29, 1.82) is 5.41 Å². The smallest absolute Gasteiger partial charge is 0.356 e. The minimum atomic E-state index is -0.702.